The summed E-state index contributed by atoms with van der Waals surface area (Å²) in [7, 11) is -4.74. The third-order valence-electron chi connectivity index (χ3n) is 2.83. The van der Waals surface area contributed by atoms with Crippen LogP contribution in [0, 0.1) is 0 Å². The number of hydrogen-bond donors (Lipinski definition) is 2. The number of aliphatic hydroxyl groups excluding tert-OH is 1. The third kappa shape index (κ3) is 2.87. The molecule has 8 nitrogen and oxygen atoms in total. The Morgan fingerprint density at radius 2 is 2.17 bits per heavy atom. The molecule has 0 radical (unpaired) electrons. The fourth-order valence-electron chi connectivity index (χ4n) is 2.05. The van der Waals surface area contributed by atoms with E-state index < -0.39 is 28.5 Å². The summed E-state index contributed by atoms with van der Waals surface area (Å²) in [5.41, 5.74) is 0.704. The zero-order valence-corrected chi connectivity index (χ0v) is 9.79. The second-order valence-electron chi connectivity index (χ2n) is 3.94. The summed E-state index contributed by atoms with van der Waals surface area (Å²) in [6, 6.07) is -1.75. The molecule has 98 valence electrons. The number of aliphatic hydroxyl groups is 1. The Bertz CT molecular complexity index is 478. The number of hydroxylamine groups is 2. The number of carbonyl (C=O) groups is 1. The van der Waals surface area contributed by atoms with E-state index in [9.17, 15) is 13.2 Å². The fraction of sp³-hybridized carbons (Fsp3) is 0.625. The van der Waals surface area contributed by atoms with Crippen LogP contribution in [0.1, 0.15) is 6.92 Å². The molecule has 0 aliphatic carbocycles. The van der Waals surface area contributed by atoms with E-state index in [4.69, 9.17) is 9.66 Å². The molecule has 2 aliphatic rings. The number of urea groups is 1. The van der Waals surface area contributed by atoms with Crippen LogP contribution >= 0.6 is 0 Å². The van der Waals surface area contributed by atoms with E-state index in [-0.39, 0.29) is 42.7 Å². The summed E-state index contributed by atoms with van der Waals surface area (Å²) in [6.07, 6.45) is 1.67. The van der Waals surface area contributed by atoms with E-state index in [0.717, 1.165) is 0 Å². The molecule has 10 heteroatoms. The molecule has 2 amide bonds. The molecule has 0 saturated carbocycles. The Hall–Kier alpha value is -0.160. The van der Waals surface area contributed by atoms with Crippen molar-refractivity contribution < 1.29 is 27.2 Å². The van der Waals surface area contributed by atoms with Crippen molar-refractivity contribution >= 4 is 46.0 Å². The van der Waals surface area contributed by atoms with Crippen LogP contribution in [-0.4, -0.2) is 88.9 Å². The van der Waals surface area contributed by atoms with Crippen LogP contribution in [0.15, 0.2) is 11.6 Å². The molecule has 2 aliphatic heterocycles. The van der Waals surface area contributed by atoms with E-state index >= 15 is 0 Å². The normalized spacial score (nSPS) is 27.1. The summed E-state index contributed by atoms with van der Waals surface area (Å²) in [6.45, 7) is 1.67. The van der Waals surface area contributed by atoms with Gasteiger partial charge in [-0.15, -0.1) is 4.28 Å². The van der Waals surface area contributed by atoms with Crippen LogP contribution < -0.4 is 0 Å². The van der Waals surface area contributed by atoms with Crippen LogP contribution in [-0.2, 0) is 14.7 Å². The Morgan fingerprint density at radius 3 is 2.67 bits per heavy atom. The molecule has 1 unspecified atom stereocenters. The molecule has 2 N–H and O–H groups in total. The molecule has 2 heterocycles. The molecule has 18 heavy (non-hydrogen) atoms. The summed E-state index contributed by atoms with van der Waals surface area (Å²) in [4.78, 5) is 13.1. The monoisotopic (exact) mass is 288 g/mol. The molecule has 1 saturated heterocycles. The fourth-order valence-corrected chi connectivity index (χ4v) is 2.42. The van der Waals surface area contributed by atoms with Crippen molar-refractivity contribution in [2.75, 3.05) is 13.2 Å². The average molecular weight is 288 g/mol. The molecular weight excluding hydrogens is 275 g/mol. The van der Waals surface area contributed by atoms with E-state index in [1.165, 1.54) is 4.90 Å². The van der Waals surface area contributed by atoms with Crippen LogP contribution in [0.4, 0.5) is 4.79 Å². The number of carbonyl (C=O) groups excluding carboxylic acids is 1. The van der Waals surface area contributed by atoms with Crippen molar-refractivity contribution in [2.45, 2.75) is 19.0 Å². The summed E-state index contributed by atoms with van der Waals surface area (Å²) in [5.74, 6) is 0. The van der Waals surface area contributed by atoms with Crippen molar-refractivity contribution in [2.24, 2.45) is 0 Å². The Balaban J connectivity index is 0.00000162. The SMILES string of the molecule is CC1=C[C@@H](CO)N2CC1N(OS(=O)(=O)O)C2=O.[NaH]. The third-order valence-corrected chi connectivity index (χ3v) is 3.18. The Labute approximate surface area is 126 Å². The van der Waals surface area contributed by atoms with Gasteiger partial charge >= 0.3 is 46.0 Å². The predicted molar refractivity (Wildman–Crippen MR) is 62.1 cm³/mol. The quantitative estimate of drug-likeness (QED) is 0.372. The van der Waals surface area contributed by atoms with Crippen molar-refractivity contribution in [1.29, 1.82) is 0 Å². The van der Waals surface area contributed by atoms with Gasteiger partial charge in [-0.05, 0) is 12.5 Å². The van der Waals surface area contributed by atoms with Crippen LogP contribution in [0.5, 0.6) is 0 Å². The first-order valence-corrected chi connectivity index (χ1v) is 6.26. The van der Waals surface area contributed by atoms with Gasteiger partial charge in [-0.1, -0.05) is 6.08 Å². The Morgan fingerprint density at radius 1 is 1.56 bits per heavy atom. The first-order valence-electron chi connectivity index (χ1n) is 4.89. The molecule has 0 aromatic rings. The average Bonchev–Trinajstić information content (AvgIpc) is 2.48. The van der Waals surface area contributed by atoms with Crippen molar-refractivity contribution in [3.8, 4) is 0 Å². The number of hydrogen-bond acceptors (Lipinski definition) is 5. The number of fused-ring (bicyclic) bond motifs is 2. The molecule has 1 fully saturated rings. The molecule has 0 aromatic heterocycles. The first-order chi connectivity index (χ1) is 7.83. The minimum atomic E-state index is -4.74. The molecule has 0 spiro atoms. The molecule has 2 rings (SSSR count). The molecular formula is C8H13N2NaO6S. The van der Waals surface area contributed by atoms with Gasteiger partial charge in [-0.25, -0.2) is 4.79 Å². The summed E-state index contributed by atoms with van der Waals surface area (Å²) >= 11 is 0. The zero-order chi connectivity index (χ0) is 12.8. The van der Waals surface area contributed by atoms with Crippen LogP contribution in [0.2, 0.25) is 0 Å². The second kappa shape index (κ2) is 5.45. The molecule has 2 bridgehead atoms. The van der Waals surface area contributed by atoms with Gasteiger partial charge in [0.25, 0.3) is 0 Å². The van der Waals surface area contributed by atoms with E-state index in [1.54, 1.807) is 13.0 Å². The van der Waals surface area contributed by atoms with Crippen LogP contribution in [0.25, 0.3) is 0 Å². The second-order valence-corrected chi connectivity index (χ2v) is 4.94. The number of rotatable bonds is 3. The van der Waals surface area contributed by atoms with Crippen molar-refractivity contribution in [1.82, 2.24) is 9.96 Å². The maximum atomic E-state index is 11.8. The van der Waals surface area contributed by atoms with Gasteiger partial charge in [0.1, 0.15) is 6.04 Å². The standard InChI is InChI=1S/C8H12N2O6S.Na.H/c1-5-2-6(4-11)9-3-7(5)10(8(9)12)16-17(13,14)15;;/h2,6-7,11H,3-4H2,1H3,(H,13,14,15);;/t6-,7?;;/m0../s1. The van der Waals surface area contributed by atoms with E-state index in [1.807, 2.05) is 0 Å². The summed E-state index contributed by atoms with van der Waals surface area (Å²) < 4.78 is 34.1. The van der Waals surface area contributed by atoms with Gasteiger partial charge < -0.3 is 10.0 Å². The predicted octanol–water partition coefficient (Wildman–Crippen LogP) is -1.50. The number of nitrogens with zero attached hydrogens (tertiary/aromatic N) is 2. The molecule has 0 aromatic carbocycles. The van der Waals surface area contributed by atoms with Gasteiger partial charge in [-0.3, -0.25) is 4.55 Å². The van der Waals surface area contributed by atoms with Gasteiger partial charge in [0.2, 0.25) is 0 Å². The van der Waals surface area contributed by atoms with E-state index in [0.29, 0.717) is 10.6 Å². The van der Waals surface area contributed by atoms with Crippen molar-refractivity contribution in [3.63, 3.8) is 0 Å². The Kier molecular flexibility index (Phi) is 4.81. The van der Waals surface area contributed by atoms with Crippen LogP contribution in [0.3, 0.4) is 0 Å². The van der Waals surface area contributed by atoms with Crippen molar-refractivity contribution in [3.05, 3.63) is 11.6 Å². The zero-order valence-electron chi connectivity index (χ0n) is 8.98. The number of amides is 2. The van der Waals surface area contributed by atoms with Gasteiger partial charge in [-0.2, -0.15) is 13.5 Å². The van der Waals surface area contributed by atoms with E-state index in [2.05, 4.69) is 4.28 Å². The maximum absolute atomic E-state index is 11.8. The summed E-state index contributed by atoms with van der Waals surface area (Å²) in [5, 5.41) is 9.71. The van der Waals surface area contributed by atoms with Gasteiger partial charge in [0, 0.05) is 0 Å². The minimum absolute atomic E-state index is 0. The first kappa shape index (κ1) is 15.9. The molecule has 2 atom stereocenters. The van der Waals surface area contributed by atoms with Gasteiger partial charge in [0.15, 0.2) is 0 Å². The van der Waals surface area contributed by atoms with Gasteiger partial charge in [0.05, 0.1) is 19.2 Å². The topological polar surface area (TPSA) is 107 Å².